The topological polar surface area (TPSA) is 29.9 Å². The number of fused-ring (bicyclic) bond motifs is 1. The lowest BCUT2D eigenvalue weighted by Crippen LogP contribution is -2.44. The lowest BCUT2D eigenvalue weighted by molar-refractivity contribution is 0.160. The van der Waals surface area contributed by atoms with Gasteiger partial charge in [0.15, 0.2) is 0 Å². The molecular formula is C17H25N3. The smallest absolute Gasteiger partial charge is 0.107 e. The highest BCUT2D eigenvalue weighted by molar-refractivity contribution is 5.76. The maximum Gasteiger partial charge on any atom is 0.107 e. The second-order valence-corrected chi connectivity index (χ2v) is 6.46. The van der Waals surface area contributed by atoms with Gasteiger partial charge < -0.3 is 9.88 Å². The molecule has 0 spiro atoms. The average Bonchev–Trinajstić information content (AvgIpc) is 2.74. The standard InChI is InChI=1S/C17H25N3/c1-11-9-12(2)17(15(10-11)18-4)20-13(3)19-14-7-5-6-8-16(14)20/h5-8,11-12,15,17-18H,9-10H2,1-4H3. The first kappa shape index (κ1) is 13.6. The van der Waals surface area contributed by atoms with Gasteiger partial charge in [0.1, 0.15) is 5.82 Å². The van der Waals surface area contributed by atoms with Crippen LogP contribution in [-0.4, -0.2) is 22.6 Å². The van der Waals surface area contributed by atoms with Gasteiger partial charge in [0.05, 0.1) is 17.1 Å². The van der Waals surface area contributed by atoms with Crippen molar-refractivity contribution >= 4 is 11.0 Å². The molecule has 2 aromatic rings. The molecule has 20 heavy (non-hydrogen) atoms. The van der Waals surface area contributed by atoms with Crippen molar-refractivity contribution in [1.82, 2.24) is 14.9 Å². The number of nitrogens with zero attached hydrogens (tertiary/aromatic N) is 2. The molecule has 0 radical (unpaired) electrons. The Morgan fingerprint density at radius 2 is 1.95 bits per heavy atom. The molecule has 108 valence electrons. The normalized spacial score (nSPS) is 30.8. The monoisotopic (exact) mass is 271 g/mol. The van der Waals surface area contributed by atoms with Crippen molar-refractivity contribution in [2.75, 3.05) is 7.05 Å². The van der Waals surface area contributed by atoms with E-state index in [0.29, 0.717) is 18.0 Å². The van der Waals surface area contributed by atoms with Gasteiger partial charge in [0, 0.05) is 6.04 Å². The van der Waals surface area contributed by atoms with Gasteiger partial charge in [-0.25, -0.2) is 4.98 Å². The minimum Gasteiger partial charge on any atom is -0.323 e. The van der Waals surface area contributed by atoms with Gasteiger partial charge in [-0.1, -0.05) is 26.0 Å². The molecule has 3 nitrogen and oxygen atoms in total. The van der Waals surface area contributed by atoms with Crippen LogP contribution in [0.2, 0.25) is 0 Å². The van der Waals surface area contributed by atoms with Crippen molar-refractivity contribution in [3.05, 3.63) is 30.1 Å². The molecule has 0 amide bonds. The molecule has 1 aromatic carbocycles. The summed E-state index contributed by atoms with van der Waals surface area (Å²) in [6.07, 6.45) is 2.55. The van der Waals surface area contributed by atoms with Crippen LogP contribution < -0.4 is 5.32 Å². The van der Waals surface area contributed by atoms with Gasteiger partial charge in [-0.2, -0.15) is 0 Å². The van der Waals surface area contributed by atoms with E-state index in [0.717, 1.165) is 17.3 Å². The first-order chi connectivity index (χ1) is 9.61. The van der Waals surface area contributed by atoms with E-state index in [1.54, 1.807) is 0 Å². The lowest BCUT2D eigenvalue weighted by atomic mass is 9.76. The molecule has 3 heteroatoms. The SMILES string of the molecule is CNC1CC(C)CC(C)C1n1c(C)nc2ccccc21. The second kappa shape index (κ2) is 5.21. The summed E-state index contributed by atoms with van der Waals surface area (Å²) in [5, 5.41) is 3.55. The Morgan fingerprint density at radius 3 is 2.70 bits per heavy atom. The summed E-state index contributed by atoms with van der Waals surface area (Å²) in [6, 6.07) is 9.54. The third kappa shape index (κ3) is 2.14. The number of hydrogen-bond acceptors (Lipinski definition) is 2. The van der Waals surface area contributed by atoms with Gasteiger partial charge >= 0.3 is 0 Å². The highest BCUT2D eigenvalue weighted by Crippen LogP contribution is 2.39. The molecule has 1 heterocycles. The van der Waals surface area contributed by atoms with Crippen molar-refractivity contribution in [2.24, 2.45) is 11.8 Å². The molecule has 0 bridgehead atoms. The molecule has 1 aliphatic carbocycles. The number of hydrogen-bond donors (Lipinski definition) is 1. The van der Waals surface area contributed by atoms with Gasteiger partial charge in [-0.05, 0) is 50.8 Å². The first-order valence-corrected chi connectivity index (χ1v) is 7.72. The largest absolute Gasteiger partial charge is 0.323 e. The molecule has 3 rings (SSSR count). The van der Waals surface area contributed by atoms with E-state index < -0.39 is 0 Å². The number of nitrogens with one attached hydrogen (secondary N) is 1. The zero-order valence-corrected chi connectivity index (χ0v) is 12.9. The fourth-order valence-electron chi connectivity index (χ4n) is 4.10. The minimum atomic E-state index is 0.503. The number of rotatable bonds is 2. The highest BCUT2D eigenvalue weighted by Gasteiger charge is 2.35. The lowest BCUT2D eigenvalue weighted by Gasteiger charge is -2.41. The van der Waals surface area contributed by atoms with Crippen LogP contribution in [0.4, 0.5) is 0 Å². The van der Waals surface area contributed by atoms with Crippen molar-refractivity contribution in [3.63, 3.8) is 0 Å². The van der Waals surface area contributed by atoms with Gasteiger partial charge in [-0.15, -0.1) is 0 Å². The summed E-state index contributed by atoms with van der Waals surface area (Å²) in [6.45, 7) is 6.90. The molecule has 1 N–H and O–H groups in total. The fourth-order valence-corrected chi connectivity index (χ4v) is 4.10. The second-order valence-electron chi connectivity index (χ2n) is 6.46. The predicted octanol–water partition coefficient (Wildman–Crippen LogP) is 3.54. The summed E-state index contributed by atoms with van der Waals surface area (Å²) in [5.41, 5.74) is 2.39. The van der Waals surface area contributed by atoms with E-state index in [1.165, 1.54) is 18.4 Å². The van der Waals surface area contributed by atoms with E-state index in [-0.39, 0.29) is 0 Å². The van der Waals surface area contributed by atoms with Gasteiger partial charge in [0.2, 0.25) is 0 Å². The summed E-state index contributed by atoms with van der Waals surface area (Å²) in [5.74, 6) is 2.61. The van der Waals surface area contributed by atoms with Gasteiger partial charge in [-0.3, -0.25) is 0 Å². The molecule has 1 aromatic heterocycles. The Labute approximate surface area is 121 Å². The predicted molar refractivity (Wildman–Crippen MR) is 83.9 cm³/mol. The van der Waals surface area contributed by atoms with Gasteiger partial charge in [0.25, 0.3) is 0 Å². The first-order valence-electron chi connectivity index (χ1n) is 7.72. The summed E-state index contributed by atoms with van der Waals surface area (Å²) in [4.78, 5) is 4.75. The molecule has 4 atom stereocenters. The molecule has 0 saturated heterocycles. The molecule has 1 fully saturated rings. The number of imidazole rings is 1. The minimum absolute atomic E-state index is 0.503. The number of aryl methyl sites for hydroxylation is 1. The fraction of sp³-hybridized carbons (Fsp3) is 0.588. The van der Waals surface area contributed by atoms with Crippen LogP contribution >= 0.6 is 0 Å². The van der Waals surface area contributed by atoms with Crippen molar-refractivity contribution in [3.8, 4) is 0 Å². The van der Waals surface area contributed by atoms with E-state index in [2.05, 4.69) is 62.0 Å². The van der Waals surface area contributed by atoms with Crippen LogP contribution in [-0.2, 0) is 0 Å². The molecule has 1 aliphatic rings. The summed E-state index contributed by atoms with van der Waals surface area (Å²) < 4.78 is 2.47. The zero-order chi connectivity index (χ0) is 14.3. The van der Waals surface area contributed by atoms with Crippen molar-refractivity contribution in [2.45, 2.75) is 45.7 Å². The Kier molecular flexibility index (Phi) is 3.55. The van der Waals surface area contributed by atoms with E-state index in [9.17, 15) is 0 Å². The van der Waals surface area contributed by atoms with Crippen molar-refractivity contribution < 1.29 is 0 Å². The highest BCUT2D eigenvalue weighted by atomic mass is 15.1. The van der Waals surface area contributed by atoms with Crippen LogP contribution in [0.25, 0.3) is 11.0 Å². The maximum absolute atomic E-state index is 4.75. The Balaban J connectivity index is 2.10. The number of aromatic nitrogens is 2. The third-order valence-electron chi connectivity index (χ3n) is 4.87. The molecule has 0 aliphatic heterocycles. The van der Waals surface area contributed by atoms with E-state index >= 15 is 0 Å². The van der Waals surface area contributed by atoms with Crippen molar-refractivity contribution in [1.29, 1.82) is 0 Å². The third-order valence-corrected chi connectivity index (χ3v) is 4.87. The Bertz CT molecular complexity index is 601. The van der Waals surface area contributed by atoms with Crippen LogP contribution in [0.5, 0.6) is 0 Å². The summed E-state index contributed by atoms with van der Waals surface area (Å²) in [7, 11) is 2.09. The number of benzene rings is 1. The number of para-hydroxylation sites is 2. The molecule has 4 unspecified atom stereocenters. The average molecular weight is 271 g/mol. The Hall–Kier alpha value is -1.35. The van der Waals surface area contributed by atoms with Crippen LogP contribution in [0.1, 0.15) is 38.6 Å². The van der Waals surface area contributed by atoms with Crippen LogP contribution in [0.15, 0.2) is 24.3 Å². The van der Waals surface area contributed by atoms with Crippen LogP contribution in [0, 0.1) is 18.8 Å². The van der Waals surface area contributed by atoms with E-state index in [1.807, 2.05) is 0 Å². The van der Waals surface area contributed by atoms with Crippen LogP contribution in [0.3, 0.4) is 0 Å². The molecule has 1 saturated carbocycles. The molecular weight excluding hydrogens is 246 g/mol. The number of likely N-dealkylation sites (N-methyl/N-ethyl adjacent to an activating group) is 1. The zero-order valence-electron chi connectivity index (χ0n) is 12.9. The quantitative estimate of drug-likeness (QED) is 0.905. The summed E-state index contributed by atoms with van der Waals surface area (Å²) >= 11 is 0. The maximum atomic E-state index is 4.75. The van der Waals surface area contributed by atoms with E-state index in [4.69, 9.17) is 4.98 Å². The Morgan fingerprint density at radius 1 is 1.20 bits per heavy atom.